The van der Waals surface area contributed by atoms with E-state index in [1.807, 2.05) is 0 Å². The third-order valence-electron chi connectivity index (χ3n) is 3.41. The van der Waals surface area contributed by atoms with E-state index in [4.69, 9.17) is 0 Å². The van der Waals surface area contributed by atoms with E-state index in [9.17, 15) is 10.2 Å². The molecule has 0 aromatic heterocycles. The quantitative estimate of drug-likeness (QED) is 0.705. The summed E-state index contributed by atoms with van der Waals surface area (Å²) in [5, 5.41) is 19.9. The van der Waals surface area contributed by atoms with Gasteiger partial charge in [0.15, 0.2) is 0 Å². The molecule has 1 rings (SSSR count). The van der Waals surface area contributed by atoms with E-state index in [2.05, 4.69) is 13.8 Å². The molecule has 0 amide bonds. The van der Waals surface area contributed by atoms with E-state index in [0.29, 0.717) is 5.92 Å². The molecule has 2 nitrogen and oxygen atoms in total. The summed E-state index contributed by atoms with van der Waals surface area (Å²) >= 11 is 0. The first-order valence-electron chi connectivity index (χ1n) is 5.49. The second-order valence-electron chi connectivity index (χ2n) is 4.58. The van der Waals surface area contributed by atoms with Crippen molar-refractivity contribution in [3.8, 4) is 0 Å². The topological polar surface area (TPSA) is 40.5 Å². The van der Waals surface area contributed by atoms with E-state index >= 15 is 0 Å². The smallest absolute Gasteiger partial charge is 0.0905 e. The summed E-state index contributed by atoms with van der Waals surface area (Å²) in [4.78, 5) is 0. The van der Waals surface area contributed by atoms with Gasteiger partial charge in [-0.05, 0) is 25.2 Å². The molecule has 2 unspecified atom stereocenters. The maximum atomic E-state index is 10.1. The lowest BCUT2D eigenvalue weighted by atomic mass is 9.87. The van der Waals surface area contributed by atoms with Gasteiger partial charge in [0.05, 0.1) is 11.7 Å². The van der Waals surface area contributed by atoms with Gasteiger partial charge in [0, 0.05) is 0 Å². The number of rotatable bonds is 4. The van der Waals surface area contributed by atoms with E-state index in [-0.39, 0.29) is 0 Å². The first kappa shape index (κ1) is 11.0. The van der Waals surface area contributed by atoms with Gasteiger partial charge < -0.3 is 10.2 Å². The molecule has 13 heavy (non-hydrogen) atoms. The van der Waals surface area contributed by atoms with E-state index in [0.717, 1.165) is 38.5 Å². The van der Waals surface area contributed by atoms with Gasteiger partial charge in [-0.2, -0.15) is 0 Å². The Bertz CT molecular complexity index is 150. The molecule has 0 spiro atoms. The zero-order valence-electron chi connectivity index (χ0n) is 8.79. The van der Waals surface area contributed by atoms with Crippen LogP contribution in [0.25, 0.3) is 0 Å². The Labute approximate surface area is 81.0 Å². The SMILES string of the molecule is CCC(C)CC(O)C1(O)CCCC1. The lowest BCUT2D eigenvalue weighted by molar-refractivity contribution is -0.0783. The van der Waals surface area contributed by atoms with Gasteiger partial charge in [-0.15, -0.1) is 0 Å². The van der Waals surface area contributed by atoms with Gasteiger partial charge in [-0.25, -0.2) is 0 Å². The van der Waals surface area contributed by atoms with Crippen LogP contribution >= 0.6 is 0 Å². The lowest BCUT2D eigenvalue weighted by Crippen LogP contribution is -2.40. The minimum atomic E-state index is -0.760. The molecular weight excluding hydrogens is 164 g/mol. The zero-order chi connectivity index (χ0) is 9.90. The third-order valence-corrected chi connectivity index (χ3v) is 3.41. The molecule has 0 aromatic rings. The fourth-order valence-corrected chi connectivity index (χ4v) is 2.09. The molecule has 1 aliphatic carbocycles. The second-order valence-corrected chi connectivity index (χ2v) is 4.58. The number of hydrogen-bond acceptors (Lipinski definition) is 2. The van der Waals surface area contributed by atoms with Crippen LogP contribution in [0, 0.1) is 5.92 Å². The molecule has 0 bridgehead atoms. The molecule has 0 saturated heterocycles. The first-order valence-corrected chi connectivity index (χ1v) is 5.49. The molecular formula is C11H22O2. The fourth-order valence-electron chi connectivity index (χ4n) is 2.09. The van der Waals surface area contributed by atoms with Crippen molar-refractivity contribution < 1.29 is 10.2 Å². The van der Waals surface area contributed by atoms with Crippen molar-refractivity contribution in [1.82, 2.24) is 0 Å². The average molecular weight is 186 g/mol. The van der Waals surface area contributed by atoms with Crippen LogP contribution in [-0.4, -0.2) is 21.9 Å². The van der Waals surface area contributed by atoms with Crippen LogP contribution in [0.1, 0.15) is 52.4 Å². The molecule has 0 heterocycles. The fraction of sp³-hybridized carbons (Fsp3) is 1.00. The van der Waals surface area contributed by atoms with Crippen LogP contribution in [0.15, 0.2) is 0 Å². The first-order chi connectivity index (χ1) is 6.08. The van der Waals surface area contributed by atoms with Crippen molar-refractivity contribution in [2.75, 3.05) is 0 Å². The van der Waals surface area contributed by atoms with Crippen molar-refractivity contribution in [2.45, 2.75) is 64.1 Å². The van der Waals surface area contributed by atoms with Crippen molar-refractivity contribution in [3.05, 3.63) is 0 Å². The normalized spacial score (nSPS) is 25.8. The number of aliphatic hydroxyl groups excluding tert-OH is 1. The minimum absolute atomic E-state index is 0.509. The Morgan fingerprint density at radius 2 is 1.85 bits per heavy atom. The van der Waals surface area contributed by atoms with Crippen LogP contribution in [-0.2, 0) is 0 Å². The molecule has 1 saturated carbocycles. The average Bonchev–Trinajstić information content (AvgIpc) is 2.53. The van der Waals surface area contributed by atoms with Crippen LogP contribution in [0.4, 0.5) is 0 Å². The van der Waals surface area contributed by atoms with Crippen molar-refractivity contribution in [1.29, 1.82) is 0 Å². The van der Waals surface area contributed by atoms with E-state index in [1.54, 1.807) is 0 Å². The maximum Gasteiger partial charge on any atom is 0.0905 e. The Morgan fingerprint density at radius 1 is 1.31 bits per heavy atom. The highest BCUT2D eigenvalue weighted by molar-refractivity contribution is 4.91. The maximum absolute atomic E-state index is 10.1. The Morgan fingerprint density at radius 3 is 2.31 bits per heavy atom. The van der Waals surface area contributed by atoms with Crippen molar-refractivity contribution in [3.63, 3.8) is 0 Å². The standard InChI is InChI=1S/C11H22O2/c1-3-9(2)8-10(12)11(13)6-4-5-7-11/h9-10,12-13H,3-8H2,1-2H3. The van der Waals surface area contributed by atoms with Crippen LogP contribution in [0.5, 0.6) is 0 Å². The predicted molar refractivity (Wildman–Crippen MR) is 53.5 cm³/mol. The summed E-state index contributed by atoms with van der Waals surface area (Å²) in [6.45, 7) is 4.25. The highest BCUT2D eigenvalue weighted by atomic mass is 16.3. The molecule has 2 N–H and O–H groups in total. The highest BCUT2D eigenvalue weighted by Gasteiger charge is 2.38. The Balaban J connectivity index is 2.41. The number of hydrogen-bond donors (Lipinski definition) is 2. The number of aliphatic hydroxyl groups is 2. The Kier molecular flexibility index (Phi) is 3.74. The summed E-state index contributed by atoms with van der Waals surface area (Å²) in [5.74, 6) is 0.514. The van der Waals surface area contributed by atoms with Gasteiger partial charge in [-0.3, -0.25) is 0 Å². The molecule has 2 atom stereocenters. The zero-order valence-corrected chi connectivity index (χ0v) is 8.79. The molecule has 2 heteroatoms. The predicted octanol–water partition coefficient (Wildman–Crippen LogP) is 2.09. The van der Waals surface area contributed by atoms with Crippen LogP contribution in [0.3, 0.4) is 0 Å². The third kappa shape index (κ3) is 2.68. The van der Waals surface area contributed by atoms with E-state index < -0.39 is 11.7 Å². The highest BCUT2D eigenvalue weighted by Crippen LogP contribution is 2.34. The largest absolute Gasteiger partial charge is 0.390 e. The molecule has 0 aromatic carbocycles. The van der Waals surface area contributed by atoms with Gasteiger partial charge >= 0.3 is 0 Å². The minimum Gasteiger partial charge on any atom is -0.390 e. The summed E-state index contributed by atoms with van der Waals surface area (Å²) < 4.78 is 0. The Hall–Kier alpha value is -0.0800. The van der Waals surface area contributed by atoms with Gasteiger partial charge in [0.2, 0.25) is 0 Å². The van der Waals surface area contributed by atoms with Crippen molar-refractivity contribution >= 4 is 0 Å². The molecule has 0 radical (unpaired) electrons. The summed E-state index contributed by atoms with van der Waals surface area (Å²) in [7, 11) is 0. The lowest BCUT2D eigenvalue weighted by Gasteiger charge is -2.30. The monoisotopic (exact) mass is 186 g/mol. The molecule has 78 valence electrons. The summed E-state index contributed by atoms with van der Waals surface area (Å²) in [5.41, 5.74) is -0.760. The molecule has 0 aliphatic heterocycles. The van der Waals surface area contributed by atoms with E-state index in [1.165, 1.54) is 0 Å². The summed E-state index contributed by atoms with van der Waals surface area (Å²) in [6.07, 6.45) is 5.00. The second kappa shape index (κ2) is 4.43. The molecule has 1 fully saturated rings. The van der Waals surface area contributed by atoms with Gasteiger partial charge in [0.25, 0.3) is 0 Å². The van der Waals surface area contributed by atoms with Gasteiger partial charge in [0.1, 0.15) is 0 Å². The van der Waals surface area contributed by atoms with Crippen LogP contribution in [0.2, 0.25) is 0 Å². The molecule has 1 aliphatic rings. The van der Waals surface area contributed by atoms with Crippen molar-refractivity contribution in [2.24, 2.45) is 5.92 Å². The summed E-state index contributed by atoms with van der Waals surface area (Å²) in [6, 6.07) is 0. The van der Waals surface area contributed by atoms with Gasteiger partial charge in [-0.1, -0.05) is 33.1 Å². The van der Waals surface area contributed by atoms with Crippen LogP contribution < -0.4 is 0 Å².